The van der Waals surface area contributed by atoms with Crippen molar-refractivity contribution in [2.75, 3.05) is 0 Å². The number of thiazole rings is 1. The van der Waals surface area contributed by atoms with Gasteiger partial charge in [0.15, 0.2) is 0 Å². The largest absolute Gasteiger partial charge is 0.346 e. The first-order valence-corrected chi connectivity index (χ1v) is 8.75. The zero-order valence-corrected chi connectivity index (χ0v) is 14.2. The maximum Gasteiger partial charge on any atom is 0.261 e. The second-order valence-electron chi connectivity index (χ2n) is 4.67. The Morgan fingerprint density at radius 2 is 2.09 bits per heavy atom. The molecule has 0 aliphatic carbocycles. The van der Waals surface area contributed by atoms with Gasteiger partial charge in [-0.25, -0.2) is 4.98 Å². The van der Waals surface area contributed by atoms with E-state index in [1.54, 1.807) is 11.3 Å². The lowest BCUT2D eigenvalue weighted by molar-refractivity contribution is 0.0955. The predicted molar refractivity (Wildman–Crippen MR) is 92.8 cm³/mol. The van der Waals surface area contributed by atoms with Crippen LogP contribution in [0.1, 0.15) is 20.2 Å². The first-order valence-electron chi connectivity index (χ1n) is 6.68. The minimum Gasteiger partial charge on any atom is -0.346 e. The van der Waals surface area contributed by atoms with Gasteiger partial charge in [0.25, 0.3) is 5.91 Å². The molecule has 1 N–H and O–H groups in total. The van der Waals surface area contributed by atoms with Crippen LogP contribution < -0.4 is 5.32 Å². The zero-order chi connectivity index (χ0) is 15.5. The molecule has 0 aliphatic heterocycles. The van der Waals surface area contributed by atoms with Gasteiger partial charge in [0.2, 0.25) is 0 Å². The summed E-state index contributed by atoms with van der Waals surface area (Å²) in [5, 5.41) is 6.39. The molecule has 0 aliphatic rings. The summed E-state index contributed by atoms with van der Waals surface area (Å²) < 4.78 is 0. The molecule has 1 aromatic carbocycles. The number of hydrogen-bond acceptors (Lipinski definition) is 4. The Kier molecular flexibility index (Phi) is 4.57. The number of thiophene rings is 1. The van der Waals surface area contributed by atoms with E-state index >= 15 is 0 Å². The highest BCUT2D eigenvalue weighted by Crippen LogP contribution is 2.32. The third-order valence-electron chi connectivity index (χ3n) is 3.15. The molecule has 1 amide bonds. The highest BCUT2D eigenvalue weighted by Gasteiger charge is 2.13. The van der Waals surface area contributed by atoms with E-state index < -0.39 is 0 Å². The number of carbonyl (C=O) groups is 1. The van der Waals surface area contributed by atoms with Crippen molar-refractivity contribution in [3.63, 3.8) is 0 Å². The zero-order valence-electron chi connectivity index (χ0n) is 11.8. The van der Waals surface area contributed by atoms with E-state index in [-0.39, 0.29) is 5.91 Å². The van der Waals surface area contributed by atoms with Crippen LogP contribution in [0.15, 0.2) is 41.8 Å². The van der Waals surface area contributed by atoms with E-state index in [2.05, 4.69) is 10.3 Å². The smallest absolute Gasteiger partial charge is 0.261 e. The number of amides is 1. The Bertz CT molecular complexity index is 796. The quantitative estimate of drug-likeness (QED) is 0.738. The van der Waals surface area contributed by atoms with Gasteiger partial charge in [-0.15, -0.1) is 22.7 Å². The highest BCUT2D eigenvalue weighted by atomic mass is 35.5. The summed E-state index contributed by atoms with van der Waals surface area (Å²) in [4.78, 5) is 18.3. The predicted octanol–water partition coefficient (Wildman–Crippen LogP) is 4.76. The maximum atomic E-state index is 12.0. The SMILES string of the molecule is Cc1nc(-c2ccccc2Cl)sc1CNC(=O)c1cccs1. The molecule has 0 saturated heterocycles. The van der Waals surface area contributed by atoms with E-state index in [1.165, 1.54) is 11.3 Å². The number of benzene rings is 1. The molecule has 22 heavy (non-hydrogen) atoms. The fraction of sp³-hybridized carbons (Fsp3) is 0.125. The van der Waals surface area contributed by atoms with Crippen molar-refractivity contribution in [3.05, 3.63) is 62.2 Å². The van der Waals surface area contributed by atoms with Crippen LogP contribution in [-0.4, -0.2) is 10.9 Å². The van der Waals surface area contributed by atoms with Gasteiger partial charge < -0.3 is 5.32 Å². The molecular formula is C16H13ClN2OS2. The lowest BCUT2D eigenvalue weighted by atomic mass is 10.2. The number of nitrogens with zero attached hydrogens (tertiary/aromatic N) is 1. The van der Waals surface area contributed by atoms with Crippen LogP contribution in [-0.2, 0) is 6.54 Å². The van der Waals surface area contributed by atoms with E-state index in [9.17, 15) is 4.79 Å². The standard InChI is InChI=1S/C16H13ClN2OS2/c1-10-14(9-18-15(20)13-7-4-8-21-13)22-16(19-10)11-5-2-3-6-12(11)17/h2-8H,9H2,1H3,(H,18,20). The molecule has 2 heterocycles. The molecule has 3 rings (SSSR count). The lowest BCUT2D eigenvalue weighted by Crippen LogP contribution is -2.21. The lowest BCUT2D eigenvalue weighted by Gasteiger charge is -2.01. The first-order chi connectivity index (χ1) is 10.6. The Morgan fingerprint density at radius 3 is 2.82 bits per heavy atom. The highest BCUT2D eigenvalue weighted by molar-refractivity contribution is 7.15. The number of aromatic nitrogens is 1. The van der Waals surface area contributed by atoms with Crippen molar-refractivity contribution in [2.24, 2.45) is 0 Å². The van der Waals surface area contributed by atoms with E-state index in [0.29, 0.717) is 16.4 Å². The van der Waals surface area contributed by atoms with Gasteiger partial charge in [-0.2, -0.15) is 0 Å². The van der Waals surface area contributed by atoms with Gasteiger partial charge in [0.1, 0.15) is 5.01 Å². The molecule has 0 radical (unpaired) electrons. The summed E-state index contributed by atoms with van der Waals surface area (Å²) in [6.07, 6.45) is 0. The van der Waals surface area contributed by atoms with Crippen molar-refractivity contribution >= 4 is 40.2 Å². The number of nitrogens with one attached hydrogen (secondary N) is 1. The normalized spacial score (nSPS) is 10.6. The van der Waals surface area contributed by atoms with Crippen LogP contribution in [0.2, 0.25) is 5.02 Å². The summed E-state index contributed by atoms with van der Waals surface area (Å²) in [6, 6.07) is 11.3. The van der Waals surface area contributed by atoms with Crippen LogP contribution in [0.25, 0.3) is 10.6 Å². The summed E-state index contributed by atoms with van der Waals surface area (Å²) in [5.41, 5.74) is 1.85. The van der Waals surface area contributed by atoms with Gasteiger partial charge in [0.05, 0.1) is 22.1 Å². The summed E-state index contributed by atoms with van der Waals surface area (Å²) in [6.45, 7) is 2.42. The van der Waals surface area contributed by atoms with Crippen molar-refractivity contribution < 1.29 is 4.79 Å². The molecule has 6 heteroatoms. The molecule has 2 aromatic heterocycles. The molecule has 0 fully saturated rings. The van der Waals surface area contributed by atoms with E-state index in [0.717, 1.165) is 21.1 Å². The van der Waals surface area contributed by atoms with Crippen molar-refractivity contribution in [2.45, 2.75) is 13.5 Å². The van der Waals surface area contributed by atoms with Gasteiger partial charge in [-0.1, -0.05) is 35.9 Å². The maximum absolute atomic E-state index is 12.0. The van der Waals surface area contributed by atoms with Gasteiger partial charge in [0, 0.05) is 10.4 Å². The number of carbonyl (C=O) groups excluding carboxylic acids is 1. The molecule has 0 unspecified atom stereocenters. The Labute approximate surface area is 141 Å². The average Bonchev–Trinajstić information content (AvgIpc) is 3.15. The molecule has 3 nitrogen and oxygen atoms in total. The molecular weight excluding hydrogens is 336 g/mol. The van der Waals surface area contributed by atoms with Crippen molar-refractivity contribution in [1.29, 1.82) is 0 Å². The van der Waals surface area contributed by atoms with Crippen LogP contribution in [0.5, 0.6) is 0 Å². The first kappa shape index (κ1) is 15.2. The summed E-state index contributed by atoms with van der Waals surface area (Å²) >= 11 is 9.21. The Hall–Kier alpha value is -1.69. The fourth-order valence-electron chi connectivity index (χ4n) is 2.00. The molecule has 0 spiro atoms. The average molecular weight is 349 g/mol. The topological polar surface area (TPSA) is 42.0 Å². The monoisotopic (exact) mass is 348 g/mol. The number of hydrogen-bond donors (Lipinski definition) is 1. The summed E-state index contributed by atoms with van der Waals surface area (Å²) in [5.74, 6) is -0.0536. The van der Waals surface area contributed by atoms with Crippen LogP contribution in [0.4, 0.5) is 0 Å². The second-order valence-corrected chi connectivity index (χ2v) is 7.11. The van der Waals surface area contributed by atoms with Gasteiger partial charge in [-0.3, -0.25) is 4.79 Å². The molecule has 0 atom stereocenters. The fourth-order valence-corrected chi connectivity index (χ4v) is 3.96. The molecule has 112 valence electrons. The molecule has 3 aromatic rings. The van der Waals surface area contributed by atoms with Crippen molar-refractivity contribution in [1.82, 2.24) is 10.3 Å². The third kappa shape index (κ3) is 3.21. The Morgan fingerprint density at radius 1 is 1.27 bits per heavy atom. The minimum absolute atomic E-state index is 0.0536. The van der Waals surface area contributed by atoms with Crippen molar-refractivity contribution in [3.8, 4) is 10.6 Å². The third-order valence-corrected chi connectivity index (χ3v) is 5.54. The van der Waals surface area contributed by atoms with E-state index in [4.69, 9.17) is 11.6 Å². The van der Waals surface area contributed by atoms with Crippen LogP contribution in [0, 0.1) is 6.92 Å². The van der Waals surface area contributed by atoms with Gasteiger partial charge >= 0.3 is 0 Å². The molecule has 0 saturated carbocycles. The summed E-state index contributed by atoms with van der Waals surface area (Å²) in [7, 11) is 0. The van der Waals surface area contributed by atoms with Crippen LogP contribution in [0.3, 0.4) is 0 Å². The van der Waals surface area contributed by atoms with Crippen LogP contribution >= 0.6 is 34.3 Å². The Balaban J connectivity index is 1.76. The number of rotatable bonds is 4. The molecule has 0 bridgehead atoms. The van der Waals surface area contributed by atoms with Gasteiger partial charge in [-0.05, 0) is 24.4 Å². The number of halogens is 1. The minimum atomic E-state index is -0.0536. The second kappa shape index (κ2) is 6.60. The van der Waals surface area contributed by atoms with E-state index in [1.807, 2.05) is 48.7 Å². The number of aryl methyl sites for hydroxylation is 1.